The zero-order valence-electron chi connectivity index (χ0n) is 12.0. The van der Waals surface area contributed by atoms with Gasteiger partial charge in [0.1, 0.15) is 0 Å². The quantitative estimate of drug-likeness (QED) is 0.885. The molecule has 1 heterocycles. The second kappa shape index (κ2) is 6.69. The molecular formula is C14H20FN3O3. The molecule has 1 atom stereocenters. The lowest BCUT2D eigenvalue weighted by Crippen LogP contribution is -2.42. The summed E-state index contributed by atoms with van der Waals surface area (Å²) < 4.78 is 13.7. The van der Waals surface area contributed by atoms with Gasteiger partial charge in [0.15, 0.2) is 0 Å². The maximum atomic E-state index is 13.1. The smallest absolute Gasteiger partial charge is 0.336 e. The maximum Gasteiger partial charge on any atom is 0.336 e. The fourth-order valence-corrected chi connectivity index (χ4v) is 2.80. The average molecular weight is 297 g/mol. The number of rotatable bonds is 3. The van der Waals surface area contributed by atoms with Gasteiger partial charge >= 0.3 is 11.7 Å². The summed E-state index contributed by atoms with van der Waals surface area (Å²) in [7, 11) is 0. The lowest BCUT2D eigenvalue weighted by molar-refractivity contribution is 0.228. The number of hydrogen-bond donors (Lipinski definition) is 2. The Balaban J connectivity index is 1.97. The van der Waals surface area contributed by atoms with Gasteiger partial charge in [-0.25, -0.2) is 14.2 Å². The predicted molar refractivity (Wildman–Crippen MR) is 75.8 cm³/mol. The molecule has 116 valence electrons. The number of nitrogens with zero attached hydrogens (tertiary/aromatic N) is 1. The lowest BCUT2D eigenvalue weighted by Gasteiger charge is -2.27. The molecule has 6 nitrogen and oxygen atoms in total. The molecule has 7 heteroatoms. The zero-order valence-corrected chi connectivity index (χ0v) is 12.0. The van der Waals surface area contributed by atoms with Crippen molar-refractivity contribution in [2.45, 2.75) is 39.0 Å². The Labute approximate surface area is 121 Å². The fourth-order valence-electron chi connectivity index (χ4n) is 2.80. The van der Waals surface area contributed by atoms with Crippen LogP contribution in [0.15, 0.2) is 15.8 Å². The Morgan fingerprint density at radius 1 is 1.43 bits per heavy atom. The van der Waals surface area contributed by atoms with Gasteiger partial charge in [-0.05, 0) is 11.8 Å². The molecular weight excluding hydrogens is 277 g/mol. The van der Waals surface area contributed by atoms with E-state index in [1.165, 1.54) is 19.3 Å². The van der Waals surface area contributed by atoms with E-state index in [0.717, 1.165) is 12.8 Å². The van der Waals surface area contributed by atoms with Crippen molar-refractivity contribution in [1.29, 1.82) is 0 Å². The summed E-state index contributed by atoms with van der Waals surface area (Å²) in [5, 5.41) is 2.62. The highest BCUT2D eigenvalue weighted by Gasteiger charge is 2.21. The minimum absolute atomic E-state index is 0.303. The molecule has 1 aromatic rings. The molecule has 2 rings (SSSR count). The molecule has 1 aliphatic carbocycles. The first-order chi connectivity index (χ1) is 9.99. The third kappa shape index (κ3) is 3.80. The maximum absolute atomic E-state index is 13.1. The molecule has 1 fully saturated rings. The van der Waals surface area contributed by atoms with Crippen molar-refractivity contribution < 1.29 is 9.18 Å². The van der Waals surface area contributed by atoms with E-state index in [4.69, 9.17) is 0 Å². The molecule has 0 radical (unpaired) electrons. The van der Waals surface area contributed by atoms with Crippen LogP contribution in [0.1, 0.15) is 39.0 Å². The highest BCUT2D eigenvalue weighted by atomic mass is 19.1. The van der Waals surface area contributed by atoms with Crippen LogP contribution < -0.4 is 16.6 Å². The molecule has 1 unspecified atom stereocenters. The minimum atomic E-state index is -1.16. The van der Waals surface area contributed by atoms with Gasteiger partial charge in [0.25, 0.3) is 5.56 Å². The number of aromatic amines is 1. The monoisotopic (exact) mass is 297 g/mol. The Morgan fingerprint density at radius 3 is 2.76 bits per heavy atom. The van der Waals surface area contributed by atoms with Crippen molar-refractivity contribution in [3.63, 3.8) is 0 Å². The van der Waals surface area contributed by atoms with Gasteiger partial charge in [-0.15, -0.1) is 0 Å². The number of H-pyrrole nitrogens is 1. The molecule has 1 aromatic heterocycles. The van der Waals surface area contributed by atoms with E-state index in [0.29, 0.717) is 29.1 Å². The molecule has 1 aliphatic rings. The normalized spacial score (nSPS) is 17.4. The van der Waals surface area contributed by atoms with Crippen LogP contribution in [-0.2, 0) is 0 Å². The van der Waals surface area contributed by atoms with E-state index >= 15 is 0 Å². The minimum Gasteiger partial charge on any atom is -0.337 e. The van der Waals surface area contributed by atoms with Gasteiger partial charge in [0.05, 0.1) is 6.20 Å². The molecule has 0 aromatic carbocycles. The summed E-state index contributed by atoms with van der Waals surface area (Å²) in [4.78, 5) is 36.0. The van der Waals surface area contributed by atoms with Crippen molar-refractivity contribution in [3.05, 3.63) is 32.9 Å². The number of amides is 1. The summed E-state index contributed by atoms with van der Waals surface area (Å²) >= 11 is 0. The number of halogens is 1. The summed E-state index contributed by atoms with van der Waals surface area (Å²) in [6.45, 7) is 2.49. The third-order valence-corrected chi connectivity index (χ3v) is 4.15. The Hall–Kier alpha value is -1.92. The zero-order chi connectivity index (χ0) is 15.4. The SMILES string of the molecule is CC(CNC(=O)n1cc(F)c(=O)[nH]c1=O)C1CCCCC1. The van der Waals surface area contributed by atoms with E-state index in [1.54, 1.807) is 4.98 Å². The molecule has 0 bridgehead atoms. The third-order valence-electron chi connectivity index (χ3n) is 4.15. The van der Waals surface area contributed by atoms with E-state index in [1.807, 2.05) is 0 Å². The van der Waals surface area contributed by atoms with Crippen molar-refractivity contribution in [2.24, 2.45) is 11.8 Å². The van der Waals surface area contributed by atoms with E-state index in [2.05, 4.69) is 12.2 Å². The van der Waals surface area contributed by atoms with Crippen molar-refractivity contribution in [3.8, 4) is 0 Å². The van der Waals surface area contributed by atoms with Crippen LogP contribution in [0.5, 0.6) is 0 Å². The Morgan fingerprint density at radius 2 is 2.10 bits per heavy atom. The number of nitrogens with one attached hydrogen (secondary N) is 2. The van der Waals surface area contributed by atoms with Crippen molar-refractivity contribution in [2.75, 3.05) is 6.54 Å². The van der Waals surface area contributed by atoms with Crippen molar-refractivity contribution in [1.82, 2.24) is 14.9 Å². The second-order valence-corrected chi connectivity index (χ2v) is 5.67. The fraction of sp³-hybridized carbons (Fsp3) is 0.643. The summed E-state index contributed by atoms with van der Waals surface area (Å²) in [6.07, 6.45) is 6.62. The molecule has 0 aliphatic heterocycles. The largest absolute Gasteiger partial charge is 0.337 e. The second-order valence-electron chi connectivity index (χ2n) is 5.67. The van der Waals surface area contributed by atoms with Gasteiger partial charge < -0.3 is 5.32 Å². The van der Waals surface area contributed by atoms with Gasteiger partial charge in [0, 0.05) is 6.54 Å². The van der Waals surface area contributed by atoms with E-state index in [-0.39, 0.29) is 0 Å². The van der Waals surface area contributed by atoms with Gasteiger partial charge in [-0.2, -0.15) is 4.39 Å². The molecule has 1 saturated carbocycles. The van der Waals surface area contributed by atoms with Crippen LogP contribution in [-0.4, -0.2) is 22.1 Å². The highest BCUT2D eigenvalue weighted by molar-refractivity contribution is 5.76. The van der Waals surface area contributed by atoms with Crippen LogP contribution in [0.3, 0.4) is 0 Å². The van der Waals surface area contributed by atoms with Crippen LogP contribution in [0.4, 0.5) is 9.18 Å². The van der Waals surface area contributed by atoms with Crippen molar-refractivity contribution >= 4 is 6.03 Å². The standard InChI is InChI=1S/C14H20FN3O3/c1-9(10-5-3-2-4-6-10)7-16-13(20)18-8-11(15)12(19)17-14(18)21/h8-10H,2-7H2,1H3,(H,16,20)(H,17,19,21). The number of carbonyl (C=O) groups is 1. The summed E-state index contributed by atoms with van der Waals surface area (Å²) in [5.41, 5.74) is -2.07. The lowest BCUT2D eigenvalue weighted by atomic mass is 9.81. The first kappa shape index (κ1) is 15.5. The first-order valence-electron chi connectivity index (χ1n) is 7.28. The van der Waals surface area contributed by atoms with E-state index < -0.39 is 23.1 Å². The van der Waals surface area contributed by atoms with Crippen LogP contribution in [0.25, 0.3) is 0 Å². The number of hydrogen-bond acceptors (Lipinski definition) is 3. The molecule has 1 amide bonds. The van der Waals surface area contributed by atoms with Crippen LogP contribution in [0.2, 0.25) is 0 Å². The van der Waals surface area contributed by atoms with E-state index in [9.17, 15) is 18.8 Å². The van der Waals surface area contributed by atoms with Crippen LogP contribution in [0, 0.1) is 17.7 Å². The predicted octanol–water partition coefficient (Wildman–Crippen LogP) is 1.45. The summed E-state index contributed by atoms with van der Waals surface area (Å²) in [5.74, 6) is -0.286. The molecule has 0 spiro atoms. The number of carbonyl (C=O) groups excluding carboxylic acids is 1. The molecule has 2 N–H and O–H groups in total. The highest BCUT2D eigenvalue weighted by Crippen LogP contribution is 2.29. The summed E-state index contributed by atoms with van der Waals surface area (Å²) in [6, 6.07) is -0.724. The molecule has 0 saturated heterocycles. The van der Waals surface area contributed by atoms with Gasteiger partial charge in [-0.3, -0.25) is 9.78 Å². The molecule has 21 heavy (non-hydrogen) atoms. The van der Waals surface area contributed by atoms with Crippen LogP contribution >= 0.6 is 0 Å². The first-order valence-corrected chi connectivity index (χ1v) is 7.28. The Kier molecular flexibility index (Phi) is 4.93. The topological polar surface area (TPSA) is 84.0 Å². The Bertz CT molecular complexity index is 617. The average Bonchev–Trinajstić information content (AvgIpc) is 2.49. The van der Waals surface area contributed by atoms with Gasteiger partial charge in [0.2, 0.25) is 5.82 Å². The van der Waals surface area contributed by atoms with Gasteiger partial charge in [-0.1, -0.05) is 39.0 Å². The number of aromatic nitrogens is 2.